The zero-order valence-electron chi connectivity index (χ0n) is 20.8. The Bertz CT molecular complexity index is 1150. The molecule has 1 N–H and O–H groups in total. The lowest BCUT2D eigenvalue weighted by molar-refractivity contribution is -0.143. The van der Waals surface area contributed by atoms with Gasteiger partial charge in [-0.05, 0) is 61.2 Å². The van der Waals surface area contributed by atoms with Crippen molar-refractivity contribution in [2.45, 2.75) is 52.2 Å². The molecule has 36 heavy (non-hydrogen) atoms. The smallest absolute Gasteiger partial charge is 0.261 e. The maximum absolute atomic E-state index is 13.6. The van der Waals surface area contributed by atoms with Crippen molar-refractivity contribution < 1.29 is 14.3 Å². The van der Waals surface area contributed by atoms with Gasteiger partial charge >= 0.3 is 0 Å². The minimum Gasteiger partial charge on any atom is -0.484 e. The Morgan fingerprint density at radius 2 is 1.64 bits per heavy atom. The Labute approximate surface area is 223 Å². The number of hydrogen-bond donors (Lipinski definition) is 1. The van der Waals surface area contributed by atoms with E-state index in [-0.39, 0.29) is 31.0 Å². The Kier molecular flexibility index (Phi) is 10.2. The zero-order valence-corrected chi connectivity index (χ0v) is 22.4. The maximum Gasteiger partial charge on any atom is 0.261 e. The van der Waals surface area contributed by atoms with E-state index < -0.39 is 6.04 Å². The first-order valence-electron chi connectivity index (χ1n) is 12.1. The molecule has 0 aromatic heterocycles. The molecule has 0 aliphatic rings. The van der Waals surface area contributed by atoms with Crippen molar-refractivity contribution in [2.24, 2.45) is 0 Å². The fourth-order valence-corrected chi connectivity index (χ4v) is 4.29. The average molecular weight is 527 g/mol. The highest BCUT2D eigenvalue weighted by Gasteiger charge is 2.31. The van der Waals surface area contributed by atoms with Gasteiger partial charge in [0.25, 0.3) is 5.91 Å². The molecule has 3 aromatic rings. The van der Waals surface area contributed by atoms with Crippen molar-refractivity contribution in [2.75, 3.05) is 6.61 Å². The van der Waals surface area contributed by atoms with Crippen LogP contribution in [-0.4, -0.2) is 35.4 Å². The van der Waals surface area contributed by atoms with Crippen molar-refractivity contribution in [3.63, 3.8) is 0 Å². The van der Waals surface area contributed by atoms with E-state index in [0.717, 1.165) is 12.0 Å². The summed E-state index contributed by atoms with van der Waals surface area (Å²) < 4.78 is 5.82. The summed E-state index contributed by atoms with van der Waals surface area (Å²) in [5, 5.41) is 3.90. The third-order valence-electron chi connectivity index (χ3n) is 5.75. The number of nitrogens with zero attached hydrogens (tertiary/aromatic N) is 1. The van der Waals surface area contributed by atoms with Gasteiger partial charge in [0.1, 0.15) is 11.8 Å². The minimum atomic E-state index is -0.764. The first kappa shape index (κ1) is 27.6. The molecule has 3 aromatic carbocycles. The number of hydrogen-bond acceptors (Lipinski definition) is 3. The second kappa shape index (κ2) is 13.3. The topological polar surface area (TPSA) is 58.6 Å². The van der Waals surface area contributed by atoms with Crippen LogP contribution in [0.15, 0.2) is 72.8 Å². The van der Waals surface area contributed by atoms with Crippen molar-refractivity contribution in [3.8, 4) is 5.75 Å². The summed E-state index contributed by atoms with van der Waals surface area (Å²) in [5.74, 6) is 0.0382. The molecule has 0 fully saturated rings. The van der Waals surface area contributed by atoms with Gasteiger partial charge in [-0.3, -0.25) is 9.59 Å². The Hall–Kier alpha value is -3.02. The van der Waals surface area contributed by atoms with Gasteiger partial charge in [0.05, 0.1) is 0 Å². The number of amides is 2. The first-order chi connectivity index (χ1) is 17.3. The highest BCUT2D eigenvalue weighted by molar-refractivity contribution is 6.35. The van der Waals surface area contributed by atoms with Gasteiger partial charge in [-0.2, -0.15) is 0 Å². The summed E-state index contributed by atoms with van der Waals surface area (Å²) in [4.78, 5) is 28.5. The normalized spacial score (nSPS) is 11.7. The summed E-state index contributed by atoms with van der Waals surface area (Å²) >= 11 is 12.5. The van der Waals surface area contributed by atoms with Gasteiger partial charge < -0.3 is 15.0 Å². The Morgan fingerprint density at radius 3 is 2.25 bits per heavy atom. The van der Waals surface area contributed by atoms with Crippen LogP contribution in [0.2, 0.25) is 10.0 Å². The maximum atomic E-state index is 13.6. The van der Waals surface area contributed by atoms with Crippen LogP contribution in [0.1, 0.15) is 37.5 Å². The van der Waals surface area contributed by atoms with Crippen LogP contribution in [0, 0.1) is 0 Å². The van der Waals surface area contributed by atoms with E-state index in [1.807, 2.05) is 68.4 Å². The van der Waals surface area contributed by atoms with Crippen LogP contribution in [0.5, 0.6) is 5.75 Å². The molecule has 190 valence electrons. The number of halogens is 2. The molecule has 0 aliphatic heterocycles. The van der Waals surface area contributed by atoms with Crippen LogP contribution in [0.25, 0.3) is 0 Å². The number of ether oxygens (including phenoxy) is 1. The summed E-state index contributed by atoms with van der Waals surface area (Å²) in [5.41, 5.74) is 2.82. The minimum absolute atomic E-state index is 0.0832. The van der Waals surface area contributed by atoms with Crippen LogP contribution in [0.4, 0.5) is 0 Å². The first-order valence-corrected chi connectivity index (χ1v) is 12.8. The molecule has 0 saturated heterocycles. The second-order valence-corrected chi connectivity index (χ2v) is 9.76. The molecule has 0 aliphatic carbocycles. The number of aryl methyl sites for hydroxylation is 1. The summed E-state index contributed by atoms with van der Waals surface area (Å²) in [6, 6.07) is 21.5. The van der Waals surface area contributed by atoms with Crippen LogP contribution in [0.3, 0.4) is 0 Å². The van der Waals surface area contributed by atoms with Gasteiger partial charge in [0, 0.05) is 29.1 Å². The zero-order chi connectivity index (χ0) is 26.1. The quantitative estimate of drug-likeness (QED) is 0.328. The van der Waals surface area contributed by atoms with E-state index in [2.05, 4.69) is 12.2 Å². The molecule has 0 saturated carbocycles. The van der Waals surface area contributed by atoms with Crippen molar-refractivity contribution in [1.82, 2.24) is 10.2 Å². The SMILES string of the molecule is CCc1ccc(OCC(=O)N(Cc2ccc(Cl)cc2Cl)[C@H](Cc2ccccc2)C(=O)NC(C)C)cc1. The van der Waals surface area contributed by atoms with Gasteiger partial charge in [0.15, 0.2) is 6.61 Å². The lowest BCUT2D eigenvalue weighted by Crippen LogP contribution is -2.52. The summed E-state index contributed by atoms with van der Waals surface area (Å²) in [6.45, 7) is 5.78. The highest BCUT2D eigenvalue weighted by Crippen LogP contribution is 2.24. The lowest BCUT2D eigenvalue weighted by Gasteiger charge is -2.32. The predicted octanol–water partition coefficient (Wildman–Crippen LogP) is 6.10. The highest BCUT2D eigenvalue weighted by atomic mass is 35.5. The number of carbonyl (C=O) groups excluding carboxylic acids is 2. The number of nitrogens with one attached hydrogen (secondary N) is 1. The number of benzene rings is 3. The molecule has 0 heterocycles. The molecular weight excluding hydrogens is 495 g/mol. The molecule has 0 bridgehead atoms. The van der Waals surface area contributed by atoms with Gasteiger partial charge in [0.2, 0.25) is 5.91 Å². The van der Waals surface area contributed by atoms with Gasteiger partial charge in [-0.25, -0.2) is 0 Å². The molecule has 0 spiro atoms. The fourth-order valence-electron chi connectivity index (χ4n) is 3.82. The predicted molar refractivity (Wildman–Crippen MR) is 146 cm³/mol. The average Bonchev–Trinajstić information content (AvgIpc) is 2.86. The lowest BCUT2D eigenvalue weighted by atomic mass is 10.0. The van der Waals surface area contributed by atoms with Crippen LogP contribution >= 0.6 is 23.2 Å². The molecule has 2 amide bonds. The third kappa shape index (κ3) is 8.00. The molecule has 7 heteroatoms. The molecule has 0 radical (unpaired) electrons. The van der Waals surface area contributed by atoms with Crippen molar-refractivity contribution in [3.05, 3.63) is 99.5 Å². The van der Waals surface area contributed by atoms with E-state index in [9.17, 15) is 9.59 Å². The van der Waals surface area contributed by atoms with E-state index in [0.29, 0.717) is 27.8 Å². The largest absolute Gasteiger partial charge is 0.484 e. The Balaban J connectivity index is 1.91. The fraction of sp³-hybridized carbons (Fsp3) is 0.310. The van der Waals surface area contributed by atoms with Crippen LogP contribution in [-0.2, 0) is 29.0 Å². The number of carbonyl (C=O) groups is 2. The Morgan fingerprint density at radius 1 is 0.944 bits per heavy atom. The van der Waals surface area contributed by atoms with Gasteiger partial charge in [-0.1, -0.05) is 78.7 Å². The van der Waals surface area contributed by atoms with E-state index in [1.54, 1.807) is 23.1 Å². The molecular formula is C29H32Cl2N2O3. The van der Waals surface area contributed by atoms with E-state index >= 15 is 0 Å². The monoisotopic (exact) mass is 526 g/mol. The van der Waals surface area contributed by atoms with E-state index in [1.165, 1.54) is 5.56 Å². The molecule has 0 unspecified atom stereocenters. The standard InChI is InChI=1S/C29H32Cl2N2O3/c1-4-21-10-14-25(15-11-21)36-19-28(34)33(18-23-12-13-24(30)17-26(23)31)27(29(35)32-20(2)3)16-22-8-6-5-7-9-22/h5-15,17,20,27H,4,16,18-19H2,1-3H3,(H,32,35)/t27-/m1/s1. The molecule has 5 nitrogen and oxygen atoms in total. The molecule has 1 atom stereocenters. The van der Waals surface area contributed by atoms with E-state index in [4.69, 9.17) is 27.9 Å². The van der Waals surface area contributed by atoms with Gasteiger partial charge in [-0.15, -0.1) is 0 Å². The second-order valence-electron chi connectivity index (χ2n) is 8.91. The van der Waals surface area contributed by atoms with Crippen molar-refractivity contribution in [1.29, 1.82) is 0 Å². The van der Waals surface area contributed by atoms with Crippen LogP contribution < -0.4 is 10.1 Å². The number of rotatable bonds is 11. The summed E-state index contributed by atoms with van der Waals surface area (Å²) in [6.07, 6.45) is 1.27. The molecule has 3 rings (SSSR count). The third-order valence-corrected chi connectivity index (χ3v) is 6.34. The van der Waals surface area contributed by atoms with Crippen molar-refractivity contribution >= 4 is 35.0 Å². The summed E-state index contributed by atoms with van der Waals surface area (Å²) in [7, 11) is 0.